The van der Waals surface area contributed by atoms with Gasteiger partial charge in [-0.15, -0.1) is 0 Å². The molecule has 30 heavy (non-hydrogen) atoms. The third kappa shape index (κ3) is 5.99. The zero-order valence-electron chi connectivity index (χ0n) is 17.1. The van der Waals surface area contributed by atoms with E-state index in [4.69, 9.17) is 9.15 Å². The molecule has 0 aliphatic carbocycles. The summed E-state index contributed by atoms with van der Waals surface area (Å²) in [5, 5.41) is 6.34. The Bertz CT molecular complexity index is 845. The quantitative estimate of drug-likeness (QED) is 0.550. The molecule has 0 amide bonds. The number of hydrogen-bond acceptors (Lipinski definition) is 4. The van der Waals surface area contributed by atoms with Crippen LogP contribution in [0.4, 0.5) is 13.2 Å². The Kier molecular flexibility index (Phi) is 7.38. The summed E-state index contributed by atoms with van der Waals surface area (Å²) in [6, 6.07) is 9.16. The monoisotopic (exact) mass is 424 g/mol. The molecular weight excluding hydrogens is 397 g/mol. The minimum absolute atomic E-state index is 0.00490. The second-order valence-electron chi connectivity index (χ2n) is 7.12. The summed E-state index contributed by atoms with van der Waals surface area (Å²) in [5.74, 6) is 2.21. The Morgan fingerprint density at radius 3 is 2.57 bits per heavy atom. The zero-order valence-corrected chi connectivity index (χ0v) is 17.1. The van der Waals surface area contributed by atoms with Gasteiger partial charge in [0.05, 0.1) is 24.8 Å². The SMILES string of the molecule is CN=C(NCc1cccc(C(F)(F)F)c1)NCC(c1ccc(C)o1)N1CCOCC1. The van der Waals surface area contributed by atoms with E-state index >= 15 is 0 Å². The summed E-state index contributed by atoms with van der Waals surface area (Å²) in [7, 11) is 1.63. The molecule has 1 aromatic heterocycles. The van der Waals surface area contributed by atoms with Gasteiger partial charge in [-0.2, -0.15) is 13.2 Å². The zero-order chi connectivity index (χ0) is 21.6. The van der Waals surface area contributed by atoms with Crippen LogP contribution in [0.2, 0.25) is 0 Å². The summed E-state index contributed by atoms with van der Waals surface area (Å²) in [5.41, 5.74) is -0.135. The van der Waals surface area contributed by atoms with Crippen molar-refractivity contribution >= 4 is 5.96 Å². The van der Waals surface area contributed by atoms with Crippen molar-refractivity contribution < 1.29 is 22.3 Å². The number of hydrogen-bond donors (Lipinski definition) is 2. The van der Waals surface area contributed by atoms with Crippen LogP contribution in [0, 0.1) is 6.92 Å². The second kappa shape index (κ2) is 9.99. The maximum atomic E-state index is 12.9. The number of halogens is 3. The molecule has 1 atom stereocenters. The van der Waals surface area contributed by atoms with Gasteiger partial charge < -0.3 is 19.8 Å². The summed E-state index contributed by atoms with van der Waals surface area (Å²) >= 11 is 0. The highest BCUT2D eigenvalue weighted by Crippen LogP contribution is 2.29. The van der Waals surface area contributed by atoms with Gasteiger partial charge in [-0.25, -0.2) is 0 Å². The van der Waals surface area contributed by atoms with Crippen molar-refractivity contribution in [2.24, 2.45) is 4.99 Å². The first kappa shape index (κ1) is 22.2. The molecule has 0 bridgehead atoms. The number of guanidine groups is 1. The van der Waals surface area contributed by atoms with Crippen LogP contribution in [0.15, 0.2) is 45.8 Å². The number of aliphatic imine (C=N–C) groups is 1. The van der Waals surface area contributed by atoms with Gasteiger partial charge in [0.1, 0.15) is 11.5 Å². The van der Waals surface area contributed by atoms with Gasteiger partial charge in [-0.1, -0.05) is 12.1 Å². The lowest BCUT2D eigenvalue weighted by molar-refractivity contribution is -0.137. The van der Waals surface area contributed by atoms with Crippen molar-refractivity contribution in [1.82, 2.24) is 15.5 Å². The van der Waals surface area contributed by atoms with E-state index < -0.39 is 11.7 Å². The molecule has 1 unspecified atom stereocenters. The maximum absolute atomic E-state index is 12.9. The number of ether oxygens (including phenoxy) is 1. The van der Waals surface area contributed by atoms with Crippen molar-refractivity contribution in [2.75, 3.05) is 39.9 Å². The van der Waals surface area contributed by atoms with Crippen LogP contribution in [-0.4, -0.2) is 50.8 Å². The number of nitrogens with zero attached hydrogens (tertiary/aromatic N) is 2. The molecular formula is C21H27F3N4O2. The van der Waals surface area contributed by atoms with E-state index in [0.717, 1.165) is 36.7 Å². The van der Waals surface area contributed by atoms with E-state index in [2.05, 4.69) is 20.5 Å². The Labute approximate surface area is 174 Å². The Morgan fingerprint density at radius 1 is 1.17 bits per heavy atom. The van der Waals surface area contributed by atoms with E-state index in [1.54, 1.807) is 13.1 Å². The lowest BCUT2D eigenvalue weighted by atomic mass is 10.1. The van der Waals surface area contributed by atoms with Crippen LogP contribution in [0.1, 0.15) is 28.7 Å². The maximum Gasteiger partial charge on any atom is 0.416 e. The second-order valence-corrected chi connectivity index (χ2v) is 7.12. The molecule has 1 saturated heterocycles. The van der Waals surface area contributed by atoms with Crippen molar-refractivity contribution in [3.05, 3.63) is 59.0 Å². The molecule has 1 fully saturated rings. The van der Waals surface area contributed by atoms with Crippen LogP contribution < -0.4 is 10.6 Å². The lowest BCUT2D eigenvalue weighted by Gasteiger charge is -2.33. The van der Waals surface area contributed by atoms with Crippen molar-refractivity contribution in [1.29, 1.82) is 0 Å². The smallest absolute Gasteiger partial charge is 0.416 e. The lowest BCUT2D eigenvalue weighted by Crippen LogP contribution is -2.46. The van der Waals surface area contributed by atoms with E-state index in [9.17, 15) is 13.2 Å². The molecule has 0 spiro atoms. The van der Waals surface area contributed by atoms with Gasteiger partial charge in [0.25, 0.3) is 0 Å². The molecule has 0 radical (unpaired) electrons. The average molecular weight is 424 g/mol. The molecule has 1 aliphatic heterocycles. The van der Waals surface area contributed by atoms with Crippen LogP contribution in [-0.2, 0) is 17.5 Å². The fraction of sp³-hybridized carbons (Fsp3) is 0.476. The van der Waals surface area contributed by atoms with Crippen LogP contribution >= 0.6 is 0 Å². The average Bonchev–Trinajstić information content (AvgIpc) is 3.17. The number of benzene rings is 1. The minimum atomic E-state index is -4.36. The van der Waals surface area contributed by atoms with Gasteiger partial charge in [0, 0.05) is 33.2 Å². The van der Waals surface area contributed by atoms with Gasteiger partial charge in [0.2, 0.25) is 0 Å². The number of rotatable bonds is 6. The number of nitrogens with one attached hydrogen (secondary N) is 2. The van der Waals surface area contributed by atoms with Gasteiger partial charge in [-0.3, -0.25) is 9.89 Å². The molecule has 2 heterocycles. The Hall–Kier alpha value is -2.52. The summed E-state index contributed by atoms with van der Waals surface area (Å²) in [6.45, 7) is 5.59. The molecule has 164 valence electrons. The third-order valence-corrected chi connectivity index (χ3v) is 4.98. The number of alkyl halides is 3. The molecule has 9 heteroatoms. The minimum Gasteiger partial charge on any atom is -0.465 e. The highest BCUT2D eigenvalue weighted by molar-refractivity contribution is 5.79. The predicted octanol–water partition coefficient (Wildman–Crippen LogP) is 3.35. The summed E-state index contributed by atoms with van der Waals surface area (Å²) in [4.78, 5) is 6.48. The molecule has 1 aromatic carbocycles. The van der Waals surface area contributed by atoms with Crippen LogP contribution in [0.25, 0.3) is 0 Å². The Balaban J connectivity index is 1.61. The van der Waals surface area contributed by atoms with E-state index in [1.807, 2.05) is 19.1 Å². The van der Waals surface area contributed by atoms with E-state index in [1.165, 1.54) is 6.07 Å². The third-order valence-electron chi connectivity index (χ3n) is 4.98. The molecule has 1 aliphatic rings. The molecule has 2 aromatic rings. The number of furan rings is 1. The van der Waals surface area contributed by atoms with E-state index in [0.29, 0.717) is 31.3 Å². The van der Waals surface area contributed by atoms with Crippen molar-refractivity contribution in [2.45, 2.75) is 25.7 Å². The van der Waals surface area contributed by atoms with Gasteiger partial charge in [0.15, 0.2) is 5.96 Å². The normalized spacial score (nSPS) is 17.0. The topological polar surface area (TPSA) is 62.0 Å². The summed E-state index contributed by atoms with van der Waals surface area (Å²) in [6.07, 6.45) is -4.36. The highest BCUT2D eigenvalue weighted by Gasteiger charge is 2.30. The molecule has 6 nitrogen and oxygen atoms in total. The number of aryl methyl sites for hydroxylation is 1. The largest absolute Gasteiger partial charge is 0.465 e. The van der Waals surface area contributed by atoms with Gasteiger partial charge in [-0.05, 0) is 36.8 Å². The standard InChI is InChI=1S/C21H27F3N4O2/c1-15-6-7-19(30-15)18(28-8-10-29-11-9-28)14-27-20(25-2)26-13-16-4-3-5-17(12-16)21(22,23)24/h3-7,12,18H,8-11,13-14H2,1-2H3,(H2,25,26,27). The van der Waals surface area contributed by atoms with Gasteiger partial charge >= 0.3 is 6.18 Å². The fourth-order valence-electron chi connectivity index (χ4n) is 3.39. The first-order valence-corrected chi connectivity index (χ1v) is 9.85. The van der Waals surface area contributed by atoms with Crippen molar-refractivity contribution in [3.8, 4) is 0 Å². The summed E-state index contributed by atoms with van der Waals surface area (Å²) < 4.78 is 50.0. The predicted molar refractivity (Wildman–Crippen MR) is 108 cm³/mol. The van der Waals surface area contributed by atoms with Crippen molar-refractivity contribution in [3.63, 3.8) is 0 Å². The number of morpholine rings is 1. The molecule has 0 saturated carbocycles. The Morgan fingerprint density at radius 2 is 1.93 bits per heavy atom. The molecule has 2 N–H and O–H groups in total. The van der Waals surface area contributed by atoms with Crippen LogP contribution in [0.5, 0.6) is 0 Å². The van der Waals surface area contributed by atoms with Crippen LogP contribution in [0.3, 0.4) is 0 Å². The van der Waals surface area contributed by atoms with E-state index in [-0.39, 0.29) is 12.6 Å². The highest BCUT2D eigenvalue weighted by atomic mass is 19.4. The molecule has 3 rings (SSSR count). The first-order valence-electron chi connectivity index (χ1n) is 9.85. The first-order chi connectivity index (χ1) is 14.4. The fourth-order valence-corrected chi connectivity index (χ4v) is 3.39.